The van der Waals surface area contributed by atoms with Crippen molar-refractivity contribution in [3.8, 4) is 0 Å². The van der Waals surface area contributed by atoms with Crippen LogP contribution in [0.4, 0.5) is 5.69 Å². The predicted octanol–water partition coefficient (Wildman–Crippen LogP) is 2.05. The Morgan fingerprint density at radius 3 is 2.62 bits per heavy atom. The van der Waals surface area contributed by atoms with Crippen molar-refractivity contribution in [3.05, 3.63) is 23.8 Å². The highest BCUT2D eigenvalue weighted by molar-refractivity contribution is 7.93. The van der Waals surface area contributed by atoms with Gasteiger partial charge < -0.3 is 11.1 Å². The first-order valence-electron chi connectivity index (χ1n) is 7.18. The molecule has 5 nitrogen and oxygen atoms in total. The van der Waals surface area contributed by atoms with Crippen molar-refractivity contribution in [2.24, 2.45) is 0 Å². The number of anilines is 1. The van der Waals surface area contributed by atoms with E-state index in [1.165, 1.54) is 13.0 Å². The fourth-order valence-electron chi connectivity index (χ4n) is 1.95. The molecule has 0 aliphatic rings. The molecule has 6 heteroatoms. The predicted molar refractivity (Wildman–Crippen MR) is 84.8 cm³/mol. The number of nitrogens with one attached hydrogen (secondary N) is 1. The minimum atomic E-state index is -3.77. The average molecular weight is 312 g/mol. The summed E-state index contributed by atoms with van der Waals surface area (Å²) in [5, 5.41) is 1.52. The topological polar surface area (TPSA) is 89.3 Å². The quantitative estimate of drug-likeness (QED) is 0.595. The van der Waals surface area contributed by atoms with Crippen LogP contribution >= 0.6 is 0 Å². The Morgan fingerprint density at radius 2 is 2.00 bits per heavy atom. The number of hydrogen-bond acceptors (Lipinski definition) is 4. The average Bonchev–Trinajstić information content (AvgIpc) is 2.45. The van der Waals surface area contributed by atoms with Crippen LogP contribution in [0.3, 0.4) is 0 Å². The normalized spacial score (nSPS) is 12.9. The van der Waals surface area contributed by atoms with Gasteiger partial charge in [-0.3, -0.25) is 4.79 Å². The Labute approximate surface area is 126 Å². The van der Waals surface area contributed by atoms with Gasteiger partial charge in [-0.15, -0.1) is 0 Å². The third kappa shape index (κ3) is 4.46. The molecule has 0 heterocycles. The van der Waals surface area contributed by atoms with Gasteiger partial charge in [-0.1, -0.05) is 25.8 Å². The molecule has 0 radical (unpaired) electrons. The summed E-state index contributed by atoms with van der Waals surface area (Å²) < 4.78 is 25.0. The molecule has 1 unspecified atom stereocenters. The molecule has 3 N–H and O–H groups in total. The molecule has 0 aliphatic carbocycles. The number of unbranched alkanes of at least 4 members (excludes halogenated alkanes) is 2. The zero-order valence-corrected chi connectivity index (χ0v) is 13.7. The van der Waals surface area contributed by atoms with Crippen LogP contribution < -0.4 is 11.1 Å². The molecule has 21 heavy (non-hydrogen) atoms. The van der Waals surface area contributed by atoms with Crippen molar-refractivity contribution >= 4 is 21.4 Å². The molecular weight excluding hydrogens is 288 g/mol. The maximum atomic E-state index is 12.5. The first-order chi connectivity index (χ1) is 9.80. The highest BCUT2D eigenvalue weighted by atomic mass is 32.2. The number of carbonyl (C=O) groups is 1. The van der Waals surface area contributed by atoms with Crippen LogP contribution in [-0.4, -0.2) is 26.1 Å². The molecule has 0 bridgehead atoms. The lowest BCUT2D eigenvalue weighted by molar-refractivity contribution is -0.120. The minimum Gasteiger partial charge on any atom is -0.398 e. The fourth-order valence-corrected chi connectivity index (χ4v) is 3.44. The first-order valence-corrected chi connectivity index (χ1v) is 8.73. The van der Waals surface area contributed by atoms with Crippen molar-refractivity contribution in [3.63, 3.8) is 0 Å². The van der Waals surface area contributed by atoms with Crippen LogP contribution in [-0.2, 0) is 14.6 Å². The van der Waals surface area contributed by atoms with E-state index in [1.54, 1.807) is 19.1 Å². The van der Waals surface area contributed by atoms with Gasteiger partial charge >= 0.3 is 0 Å². The van der Waals surface area contributed by atoms with Gasteiger partial charge in [-0.25, -0.2) is 8.42 Å². The van der Waals surface area contributed by atoms with Crippen molar-refractivity contribution in [2.75, 3.05) is 12.3 Å². The lowest BCUT2D eigenvalue weighted by Crippen LogP contribution is -2.38. The van der Waals surface area contributed by atoms with E-state index in [0.717, 1.165) is 24.8 Å². The standard InChI is InChI=1S/C15H24N2O3S/c1-4-5-6-9-17-15(18)12(3)21(19,20)14-10-11(2)7-8-13(14)16/h7-8,10,12H,4-6,9,16H2,1-3H3,(H,17,18). The maximum Gasteiger partial charge on any atom is 0.238 e. The number of carbonyl (C=O) groups excluding carboxylic acids is 1. The van der Waals surface area contributed by atoms with E-state index in [0.29, 0.717) is 6.54 Å². The Kier molecular flexibility index (Phi) is 6.20. The van der Waals surface area contributed by atoms with Gasteiger partial charge in [0.05, 0.1) is 10.6 Å². The number of hydrogen-bond donors (Lipinski definition) is 2. The molecule has 0 aromatic heterocycles. The van der Waals surface area contributed by atoms with Crippen LogP contribution in [0.1, 0.15) is 38.7 Å². The van der Waals surface area contributed by atoms with Crippen LogP contribution in [0.25, 0.3) is 0 Å². The molecule has 0 saturated heterocycles. The lowest BCUT2D eigenvalue weighted by Gasteiger charge is -2.15. The minimum absolute atomic E-state index is 0.0266. The van der Waals surface area contributed by atoms with Crippen molar-refractivity contribution in [1.29, 1.82) is 0 Å². The Hall–Kier alpha value is -1.56. The number of sulfone groups is 1. The summed E-state index contributed by atoms with van der Waals surface area (Å²) in [6.07, 6.45) is 2.90. The maximum absolute atomic E-state index is 12.5. The van der Waals surface area contributed by atoms with Gasteiger partial charge in [0, 0.05) is 6.54 Å². The number of aryl methyl sites for hydroxylation is 1. The summed E-state index contributed by atoms with van der Waals surface area (Å²) in [7, 11) is -3.77. The van der Waals surface area contributed by atoms with Crippen LogP contribution in [0.5, 0.6) is 0 Å². The molecule has 1 aromatic rings. The zero-order valence-electron chi connectivity index (χ0n) is 12.8. The van der Waals surface area contributed by atoms with Crippen molar-refractivity contribution in [1.82, 2.24) is 5.32 Å². The number of nitrogen functional groups attached to an aromatic ring is 1. The monoisotopic (exact) mass is 312 g/mol. The fraction of sp³-hybridized carbons (Fsp3) is 0.533. The summed E-state index contributed by atoms with van der Waals surface area (Å²) in [5.41, 5.74) is 6.70. The molecular formula is C15H24N2O3S. The molecule has 118 valence electrons. The largest absolute Gasteiger partial charge is 0.398 e. The van der Waals surface area contributed by atoms with Crippen molar-refractivity contribution < 1.29 is 13.2 Å². The Bertz CT molecular complexity index is 597. The van der Waals surface area contributed by atoms with Gasteiger partial charge in [-0.2, -0.15) is 0 Å². The second-order valence-corrected chi connectivity index (χ2v) is 7.46. The van der Waals surface area contributed by atoms with Crippen molar-refractivity contribution in [2.45, 2.75) is 50.2 Å². The number of amides is 1. The summed E-state index contributed by atoms with van der Waals surface area (Å²) in [6.45, 7) is 5.74. The zero-order chi connectivity index (χ0) is 16.0. The van der Waals surface area contributed by atoms with E-state index in [9.17, 15) is 13.2 Å². The summed E-state index contributed by atoms with van der Waals surface area (Å²) in [6, 6.07) is 4.80. The van der Waals surface area contributed by atoms with Gasteiger partial charge in [0.25, 0.3) is 0 Å². The van der Waals surface area contributed by atoms with Crippen LogP contribution in [0, 0.1) is 6.92 Å². The van der Waals surface area contributed by atoms with Crippen LogP contribution in [0.15, 0.2) is 23.1 Å². The molecule has 0 fully saturated rings. The summed E-state index contributed by atoms with van der Waals surface area (Å²) >= 11 is 0. The van der Waals surface area contributed by atoms with E-state index in [2.05, 4.69) is 12.2 Å². The summed E-state index contributed by atoms with van der Waals surface area (Å²) in [5.74, 6) is -0.480. The number of benzene rings is 1. The SMILES string of the molecule is CCCCCNC(=O)C(C)S(=O)(=O)c1cc(C)ccc1N. The molecule has 0 spiro atoms. The van der Waals surface area contributed by atoms with E-state index < -0.39 is 21.0 Å². The van der Waals surface area contributed by atoms with Crippen LogP contribution in [0.2, 0.25) is 0 Å². The van der Waals surface area contributed by atoms with E-state index >= 15 is 0 Å². The molecule has 1 rings (SSSR count). The third-order valence-electron chi connectivity index (χ3n) is 3.39. The van der Waals surface area contributed by atoms with Gasteiger partial charge in [0.15, 0.2) is 9.84 Å². The van der Waals surface area contributed by atoms with E-state index in [1.807, 2.05) is 0 Å². The summed E-state index contributed by atoms with van der Waals surface area (Å²) in [4.78, 5) is 12.0. The Balaban J connectivity index is 2.86. The molecule has 1 atom stereocenters. The Morgan fingerprint density at radius 1 is 1.33 bits per heavy atom. The molecule has 1 aromatic carbocycles. The highest BCUT2D eigenvalue weighted by Crippen LogP contribution is 2.24. The number of nitrogens with two attached hydrogens (primary N) is 1. The van der Waals surface area contributed by atoms with E-state index in [-0.39, 0.29) is 10.6 Å². The third-order valence-corrected chi connectivity index (χ3v) is 5.50. The molecule has 0 aliphatic heterocycles. The number of rotatable bonds is 7. The second-order valence-electron chi connectivity index (χ2n) is 5.23. The molecule has 1 amide bonds. The van der Waals surface area contributed by atoms with Gasteiger partial charge in [0.2, 0.25) is 5.91 Å². The van der Waals surface area contributed by atoms with E-state index in [4.69, 9.17) is 5.73 Å². The second kappa shape index (κ2) is 7.45. The first kappa shape index (κ1) is 17.5. The highest BCUT2D eigenvalue weighted by Gasteiger charge is 2.31. The molecule has 0 saturated carbocycles. The smallest absolute Gasteiger partial charge is 0.238 e. The van der Waals surface area contributed by atoms with Gasteiger partial charge in [0.1, 0.15) is 5.25 Å². The van der Waals surface area contributed by atoms with Gasteiger partial charge in [-0.05, 0) is 38.0 Å². The lowest BCUT2D eigenvalue weighted by atomic mass is 10.2.